The molecule has 3 rings (SSSR count). The first kappa shape index (κ1) is 13.3. The van der Waals surface area contributed by atoms with E-state index in [0.29, 0.717) is 5.92 Å². The lowest BCUT2D eigenvalue weighted by Gasteiger charge is -2.05. The van der Waals surface area contributed by atoms with Gasteiger partial charge in [-0.25, -0.2) is 9.67 Å². The van der Waals surface area contributed by atoms with E-state index in [4.69, 9.17) is 4.74 Å². The highest BCUT2D eigenvalue weighted by Gasteiger charge is 2.25. The predicted molar refractivity (Wildman–Crippen MR) is 76.9 cm³/mol. The molecule has 0 aromatic carbocycles. The fourth-order valence-corrected chi connectivity index (χ4v) is 2.13. The van der Waals surface area contributed by atoms with Gasteiger partial charge in [-0.3, -0.25) is 0 Å². The minimum absolute atomic E-state index is 0.681. The minimum atomic E-state index is 0.681. The number of nitrogens with zero attached hydrogens (tertiary/aromatic N) is 3. The van der Waals surface area contributed by atoms with Crippen molar-refractivity contribution in [3.8, 4) is 5.82 Å². The molecule has 2 heterocycles. The van der Waals surface area contributed by atoms with E-state index in [1.54, 1.807) is 7.11 Å². The molecule has 0 atom stereocenters. The Morgan fingerprint density at radius 1 is 1.35 bits per heavy atom. The Balaban J connectivity index is 1.59. The van der Waals surface area contributed by atoms with Crippen molar-refractivity contribution in [2.75, 3.05) is 20.3 Å². The second kappa shape index (κ2) is 6.15. The van der Waals surface area contributed by atoms with Gasteiger partial charge in [0.05, 0.1) is 12.3 Å². The smallest absolute Gasteiger partial charge is 0.153 e. The summed E-state index contributed by atoms with van der Waals surface area (Å²) >= 11 is 0. The summed E-state index contributed by atoms with van der Waals surface area (Å²) in [4.78, 5) is 4.47. The van der Waals surface area contributed by atoms with Crippen LogP contribution in [0.25, 0.3) is 5.82 Å². The van der Waals surface area contributed by atoms with Crippen molar-refractivity contribution < 1.29 is 4.74 Å². The molecule has 0 amide bonds. The zero-order chi connectivity index (χ0) is 13.8. The van der Waals surface area contributed by atoms with E-state index in [1.807, 2.05) is 23.1 Å². The second-order valence-electron chi connectivity index (χ2n) is 5.15. The van der Waals surface area contributed by atoms with E-state index in [2.05, 4.69) is 27.5 Å². The summed E-state index contributed by atoms with van der Waals surface area (Å²) in [7, 11) is 1.71. The molecule has 0 saturated heterocycles. The van der Waals surface area contributed by atoms with E-state index >= 15 is 0 Å². The van der Waals surface area contributed by atoms with Gasteiger partial charge in [0.15, 0.2) is 5.82 Å². The van der Waals surface area contributed by atoms with Gasteiger partial charge in [-0.05, 0) is 30.5 Å². The molecule has 1 aliphatic carbocycles. The summed E-state index contributed by atoms with van der Waals surface area (Å²) in [6.07, 6.45) is 6.44. The average molecular weight is 272 g/mol. The lowest BCUT2D eigenvalue weighted by molar-refractivity contribution is 0.199. The first-order chi connectivity index (χ1) is 9.86. The van der Waals surface area contributed by atoms with Crippen LogP contribution in [0.3, 0.4) is 0 Å². The maximum atomic E-state index is 4.99. The topological polar surface area (TPSA) is 52.0 Å². The fourth-order valence-electron chi connectivity index (χ4n) is 2.13. The van der Waals surface area contributed by atoms with E-state index < -0.39 is 0 Å². The lowest BCUT2D eigenvalue weighted by atomic mass is 10.3. The molecule has 0 aliphatic heterocycles. The highest BCUT2D eigenvalue weighted by Crippen LogP contribution is 2.38. The van der Waals surface area contributed by atoms with Crippen LogP contribution in [0.15, 0.2) is 30.6 Å². The number of methoxy groups -OCH3 is 1. The third-order valence-corrected chi connectivity index (χ3v) is 3.46. The highest BCUT2D eigenvalue weighted by atomic mass is 16.5. The van der Waals surface area contributed by atoms with Crippen LogP contribution >= 0.6 is 0 Å². The summed E-state index contributed by atoms with van der Waals surface area (Å²) in [6.45, 7) is 2.38. The maximum Gasteiger partial charge on any atom is 0.153 e. The van der Waals surface area contributed by atoms with Gasteiger partial charge in [-0.15, -0.1) is 0 Å². The van der Waals surface area contributed by atoms with Gasteiger partial charge in [0.2, 0.25) is 0 Å². The summed E-state index contributed by atoms with van der Waals surface area (Å²) in [5.41, 5.74) is 2.36. The maximum absolute atomic E-state index is 4.99. The molecule has 20 heavy (non-hydrogen) atoms. The van der Waals surface area contributed by atoms with Crippen LogP contribution in [-0.4, -0.2) is 35.0 Å². The fraction of sp³-hybridized carbons (Fsp3) is 0.467. The molecule has 0 unspecified atom stereocenters. The van der Waals surface area contributed by atoms with Crippen LogP contribution in [0.2, 0.25) is 0 Å². The van der Waals surface area contributed by atoms with Gasteiger partial charge in [0, 0.05) is 38.5 Å². The largest absolute Gasteiger partial charge is 0.383 e. The van der Waals surface area contributed by atoms with E-state index in [-0.39, 0.29) is 0 Å². The lowest BCUT2D eigenvalue weighted by Crippen LogP contribution is -2.18. The number of hydrogen-bond donors (Lipinski definition) is 1. The van der Waals surface area contributed by atoms with Crippen LogP contribution in [-0.2, 0) is 11.3 Å². The van der Waals surface area contributed by atoms with Gasteiger partial charge < -0.3 is 10.1 Å². The molecule has 2 aromatic rings. The molecule has 2 aromatic heterocycles. The molecule has 0 radical (unpaired) electrons. The third-order valence-electron chi connectivity index (χ3n) is 3.46. The molecule has 5 heteroatoms. The number of aromatic nitrogens is 3. The number of ether oxygens (including phenoxy) is 1. The summed E-state index contributed by atoms with van der Waals surface area (Å²) < 4.78 is 6.85. The van der Waals surface area contributed by atoms with Crippen LogP contribution < -0.4 is 5.32 Å². The Hall–Kier alpha value is -1.72. The first-order valence-corrected chi connectivity index (χ1v) is 7.07. The van der Waals surface area contributed by atoms with Crippen LogP contribution in [0.4, 0.5) is 0 Å². The van der Waals surface area contributed by atoms with Crippen LogP contribution in [0.1, 0.15) is 30.0 Å². The van der Waals surface area contributed by atoms with Crippen molar-refractivity contribution in [2.45, 2.75) is 25.3 Å². The van der Waals surface area contributed by atoms with Crippen molar-refractivity contribution in [1.29, 1.82) is 0 Å². The Morgan fingerprint density at radius 2 is 2.25 bits per heavy atom. The van der Waals surface area contributed by atoms with E-state index in [0.717, 1.165) is 25.5 Å². The van der Waals surface area contributed by atoms with E-state index in [9.17, 15) is 0 Å². The molecule has 106 valence electrons. The Kier molecular flexibility index (Phi) is 4.08. The van der Waals surface area contributed by atoms with Gasteiger partial charge in [-0.1, -0.05) is 6.07 Å². The third kappa shape index (κ3) is 3.23. The Morgan fingerprint density at radius 3 is 2.95 bits per heavy atom. The molecule has 1 N–H and O–H groups in total. The van der Waals surface area contributed by atoms with Crippen molar-refractivity contribution in [3.63, 3.8) is 0 Å². The standard InChI is InChI=1S/C15H20N4O/c1-20-9-7-16-10-12-2-5-15(17-11-12)19-8-6-14(18-19)13-3-4-13/h2,5-6,8,11,13,16H,3-4,7,9-10H2,1H3. The van der Waals surface area contributed by atoms with Gasteiger partial charge in [-0.2, -0.15) is 5.10 Å². The monoisotopic (exact) mass is 272 g/mol. The Bertz CT molecular complexity index is 545. The predicted octanol–water partition coefficient (Wildman–Crippen LogP) is 1.88. The SMILES string of the molecule is COCCNCc1ccc(-n2ccc(C3CC3)n2)nc1. The molecule has 1 fully saturated rings. The first-order valence-electron chi connectivity index (χ1n) is 7.07. The van der Waals surface area contributed by atoms with Crippen LogP contribution in [0.5, 0.6) is 0 Å². The second-order valence-corrected chi connectivity index (χ2v) is 5.15. The zero-order valence-electron chi connectivity index (χ0n) is 11.7. The van der Waals surface area contributed by atoms with Gasteiger partial charge >= 0.3 is 0 Å². The average Bonchev–Trinajstić information content (AvgIpc) is 3.22. The van der Waals surface area contributed by atoms with Crippen molar-refractivity contribution in [1.82, 2.24) is 20.1 Å². The van der Waals surface area contributed by atoms with Crippen molar-refractivity contribution in [2.24, 2.45) is 0 Å². The Labute approximate surface area is 119 Å². The van der Waals surface area contributed by atoms with E-state index in [1.165, 1.54) is 24.1 Å². The number of rotatable bonds is 7. The zero-order valence-corrected chi connectivity index (χ0v) is 11.7. The van der Waals surface area contributed by atoms with Gasteiger partial charge in [0.1, 0.15) is 0 Å². The minimum Gasteiger partial charge on any atom is -0.383 e. The molecule has 1 aliphatic rings. The quantitative estimate of drug-likeness (QED) is 0.782. The van der Waals surface area contributed by atoms with Crippen LogP contribution in [0, 0.1) is 0 Å². The molecular formula is C15H20N4O. The van der Waals surface area contributed by atoms with Gasteiger partial charge in [0.25, 0.3) is 0 Å². The molecule has 5 nitrogen and oxygen atoms in total. The highest BCUT2D eigenvalue weighted by molar-refractivity contribution is 5.26. The molecule has 0 bridgehead atoms. The normalized spacial score (nSPS) is 14.7. The summed E-state index contributed by atoms with van der Waals surface area (Å²) in [5.74, 6) is 1.55. The number of nitrogens with one attached hydrogen (secondary N) is 1. The summed E-state index contributed by atoms with van der Waals surface area (Å²) in [6, 6.07) is 6.19. The van der Waals surface area contributed by atoms with Crippen molar-refractivity contribution in [3.05, 3.63) is 41.9 Å². The molecule has 0 spiro atoms. The summed E-state index contributed by atoms with van der Waals surface area (Å²) in [5, 5.41) is 7.88. The van der Waals surface area contributed by atoms with Crippen molar-refractivity contribution >= 4 is 0 Å². The number of pyridine rings is 1. The molecule has 1 saturated carbocycles. The number of hydrogen-bond acceptors (Lipinski definition) is 4. The molecular weight excluding hydrogens is 252 g/mol.